The SMILES string of the molecule is COc1ccc(-c2c(C=O)nnn2Cc2cccc(F)c2)cc1. The monoisotopic (exact) mass is 311 g/mol. The second-order valence-electron chi connectivity index (χ2n) is 4.96. The molecule has 3 aromatic rings. The second-order valence-corrected chi connectivity index (χ2v) is 4.96. The summed E-state index contributed by atoms with van der Waals surface area (Å²) in [5.74, 6) is 0.398. The molecule has 0 bridgehead atoms. The van der Waals surface area contributed by atoms with Gasteiger partial charge in [0.05, 0.1) is 19.3 Å². The van der Waals surface area contributed by atoms with Crippen molar-refractivity contribution in [2.24, 2.45) is 0 Å². The zero-order chi connectivity index (χ0) is 16.2. The second kappa shape index (κ2) is 6.39. The third-order valence-corrected chi connectivity index (χ3v) is 3.46. The van der Waals surface area contributed by atoms with E-state index >= 15 is 0 Å². The molecule has 0 amide bonds. The molecule has 2 aromatic carbocycles. The molecule has 0 radical (unpaired) electrons. The van der Waals surface area contributed by atoms with Crippen LogP contribution in [-0.4, -0.2) is 28.4 Å². The summed E-state index contributed by atoms with van der Waals surface area (Å²) in [6.45, 7) is 0.319. The fourth-order valence-electron chi connectivity index (χ4n) is 2.37. The topological polar surface area (TPSA) is 57.0 Å². The molecule has 0 atom stereocenters. The van der Waals surface area contributed by atoms with E-state index < -0.39 is 0 Å². The smallest absolute Gasteiger partial charge is 0.172 e. The highest BCUT2D eigenvalue weighted by molar-refractivity contribution is 5.83. The number of aldehydes is 1. The Morgan fingerprint density at radius 3 is 2.65 bits per heavy atom. The van der Waals surface area contributed by atoms with E-state index in [0.717, 1.165) is 11.1 Å². The van der Waals surface area contributed by atoms with Gasteiger partial charge in [0.25, 0.3) is 0 Å². The normalized spacial score (nSPS) is 10.5. The lowest BCUT2D eigenvalue weighted by Gasteiger charge is -2.08. The van der Waals surface area contributed by atoms with E-state index in [9.17, 15) is 9.18 Å². The Kier molecular flexibility index (Phi) is 4.14. The largest absolute Gasteiger partial charge is 0.497 e. The number of methoxy groups -OCH3 is 1. The molecule has 6 heteroatoms. The number of hydrogen-bond donors (Lipinski definition) is 0. The molecule has 0 fully saturated rings. The van der Waals surface area contributed by atoms with Gasteiger partial charge in [0.1, 0.15) is 11.6 Å². The summed E-state index contributed by atoms with van der Waals surface area (Å²) < 4.78 is 20.0. The number of ether oxygens (including phenoxy) is 1. The number of carbonyl (C=O) groups excluding carboxylic acids is 1. The molecule has 0 saturated heterocycles. The molecule has 5 nitrogen and oxygen atoms in total. The maximum atomic E-state index is 13.3. The van der Waals surface area contributed by atoms with Gasteiger partial charge in [-0.25, -0.2) is 9.07 Å². The molecule has 3 rings (SSSR count). The standard InChI is InChI=1S/C17H14FN3O2/c1-23-15-7-5-13(6-8-15)17-16(11-22)19-20-21(17)10-12-3-2-4-14(18)9-12/h2-9,11H,10H2,1H3. The van der Waals surface area contributed by atoms with E-state index in [4.69, 9.17) is 4.74 Å². The average molecular weight is 311 g/mol. The summed E-state index contributed by atoms with van der Waals surface area (Å²) in [6, 6.07) is 13.5. The lowest BCUT2D eigenvalue weighted by atomic mass is 10.1. The third-order valence-electron chi connectivity index (χ3n) is 3.46. The van der Waals surface area contributed by atoms with Crippen molar-refractivity contribution in [3.8, 4) is 17.0 Å². The summed E-state index contributed by atoms with van der Waals surface area (Å²) in [5, 5.41) is 7.90. The number of hydrogen-bond acceptors (Lipinski definition) is 4. The molecular formula is C17H14FN3O2. The highest BCUT2D eigenvalue weighted by atomic mass is 19.1. The Morgan fingerprint density at radius 2 is 2.00 bits per heavy atom. The summed E-state index contributed by atoms with van der Waals surface area (Å²) in [5.41, 5.74) is 2.36. The summed E-state index contributed by atoms with van der Waals surface area (Å²) in [7, 11) is 1.58. The van der Waals surface area contributed by atoms with Crippen molar-refractivity contribution < 1.29 is 13.9 Å². The first-order chi connectivity index (χ1) is 11.2. The number of halogens is 1. The Morgan fingerprint density at radius 1 is 1.22 bits per heavy atom. The van der Waals surface area contributed by atoms with Gasteiger partial charge in [0, 0.05) is 5.56 Å². The van der Waals surface area contributed by atoms with Gasteiger partial charge in [-0.05, 0) is 42.0 Å². The van der Waals surface area contributed by atoms with Gasteiger partial charge in [-0.2, -0.15) is 0 Å². The summed E-state index contributed by atoms with van der Waals surface area (Å²) in [4.78, 5) is 11.2. The minimum absolute atomic E-state index is 0.242. The molecule has 0 aliphatic heterocycles. The Hall–Kier alpha value is -3.02. The number of carbonyl (C=O) groups is 1. The van der Waals surface area contributed by atoms with E-state index in [1.54, 1.807) is 36.1 Å². The molecule has 1 aromatic heterocycles. The maximum absolute atomic E-state index is 13.3. The molecule has 1 heterocycles. The quantitative estimate of drug-likeness (QED) is 0.680. The molecule has 0 aliphatic carbocycles. The van der Waals surface area contributed by atoms with Gasteiger partial charge < -0.3 is 4.74 Å². The molecule has 0 spiro atoms. The van der Waals surface area contributed by atoms with E-state index in [-0.39, 0.29) is 11.5 Å². The number of nitrogens with zero attached hydrogens (tertiary/aromatic N) is 3. The molecule has 116 valence electrons. The van der Waals surface area contributed by atoms with E-state index in [2.05, 4.69) is 10.3 Å². The molecule has 23 heavy (non-hydrogen) atoms. The Labute approximate surface area is 132 Å². The first-order valence-electron chi connectivity index (χ1n) is 6.99. The molecule has 0 aliphatic rings. The predicted molar refractivity (Wildman–Crippen MR) is 82.9 cm³/mol. The molecule has 0 saturated carbocycles. The Balaban J connectivity index is 2.01. The van der Waals surface area contributed by atoms with Crippen LogP contribution in [0.1, 0.15) is 16.1 Å². The van der Waals surface area contributed by atoms with Gasteiger partial charge in [-0.15, -0.1) is 5.10 Å². The minimum atomic E-state index is -0.316. The van der Waals surface area contributed by atoms with Crippen LogP contribution in [0.4, 0.5) is 4.39 Å². The first-order valence-corrected chi connectivity index (χ1v) is 6.99. The van der Waals surface area contributed by atoms with Crippen molar-refractivity contribution >= 4 is 6.29 Å². The van der Waals surface area contributed by atoms with Gasteiger partial charge in [-0.3, -0.25) is 4.79 Å². The van der Waals surface area contributed by atoms with Crippen LogP contribution in [-0.2, 0) is 6.54 Å². The average Bonchev–Trinajstić information content (AvgIpc) is 2.97. The van der Waals surface area contributed by atoms with E-state index in [0.29, 0.717) is 24.3 Å². The lowest BCUT2D eigenvalue weighted by Crippen LogP contribution is -2.05. The van der Waals surface area contributed by atoms with Crippen LogP contribution in [0.25, 0.3) is 11.3 Å². The molecule has 0 N–H and O–H groups in total. The summed E-state index contributed by atoms with van der Waals surface area (Å²) in [6.07, 6.45) is 0.661. The van der Waals surface area contributed by atoms with Gasteiger partial charge >= 0.3 is 0 Å². The van der Waals surface area contributed by atoms with Crippen molar-refractivity contribution in [3.63, 3.8) is 0 Å². The number of benzene rings is 2. The van der Waals surface area contributed by atoms with Crippen molar-refractivity contribution in [1.29, 1.82) is 0 Å². The van der Waals surface area contributed by atoms with Crippen LogP contribution in [0.5, 0.6) is 5.75 Å². The third kappa shape index (κ3) is 3.11. The van der Waals surface area contributed by atoms with Crippen molar-refractivity contribution in [1.82, 2.24) is 15.0 Å². The van der Waals surface area contributed by atoms with Gasteiger partial charge in [0.2, 0.25) is 0 Å². The van der Waals surface area contributed by atoms with Gasteiger partial charge in [-0.1, -0.05) is 17.3 Å². The van der Waals surface area contributed by atoms with E-state index in [1.807, 2.05) is 12.1 Å². The zero-order valence-electron chi connectivity index (χ0n) is 12.4. The van der Waals surface area contributed by atoms with Crippen LogP contribution in [0.3, 0.4) is 0 Å². The Bertz CT molecular complexity index is 828. The summed E-state index contributed by atoms with van der Waals surface area (Å²) >= 11 is 0. The zero-order valence-corrected chi connectivity index (χ0v) is 12.4. The maximum Gasteiger partial charge on any atom is 0.172 e. The fraction of sp³-hybridized carbons (Fsp3) is 0.118. The fourth-order valence-corrected chi connectivity index (χ4v) is 2.37. The van der Waals surface area contributed by atoms with Crippen LogP contribution in [0, 0.1) is 5.82 Å². The number of aromatic nitrogens is 3. The number of rotatable bonds is 5. The van der Waals surface area contributed by atoms with Gasteiger partial charge in [0.15, 0.2) is 12.0 Å². The first kappa shape index (κ1) is 14.9. The van der Waals surface area contributed by atoms with Crippen LogP contribution >= 0.6 is 0 Å². The van der Waals surface area contributed by atoms with Crippen LogP contribution < -0.4 is 4.74 Å². The lowest BCUT2D eigenvalue weighted by molar-refractivity contribution is 0.111. The van der Waals surface area contributed by atoms with Crippen molar-refractivity contribution in [2.75, 3.05) is 7.11 Å². The van der Waals surface area contributed by atoms with Crippen molar-refractivity contribution in [2.45, 2.75) is 6.54 Å². The van der Waals surface area contributed by atoms with E-state index in [1.165, 1.54) is 12.1 Å². The highest BCUT2D eigenvalue weighted by Gasteiger charge is 2.15. The van der Waals surface area contributed by atoms with Crippen LogP contribution in [0.15, 0.2) is 48.5 Å². The molecule has 0 unspecified atom stereocenters. The minimum Gasteiger partial charge on any atom is -0.497 e. The molecular weight excluding hydrogens is 297 g/mol. The van der Waals surface area contributed by atoms with Crippen LogP contribution in [0.2, 0.25) is 0 Å². The highest BCUT2D eigenvalue weighted by Crippen LogP contribution is 2.24. The van der Waals surface area contributed by atoms with Crippen molar-refractivity contribution in [3.05, 3.63) is 65.6 Å². The predicted octanol–water partition coefficient (Wildman–Crippen LogP) is 2.95.